The third-order valence-corrected chi connectivity index (χ3v) is 15.2. The van der Waals surface area contributed by atoms with Crippen LogP contribution in [0.1, 0.15) is 107 Å². The number of ether oxygens (including phenoxy) is 3. The summed E-state index contributed by atoms with van der Waals surface area (Å²) in [5.41, 5.74) is 7.82. The van der Waals surface area contributed by atoms with Crippen molar-refractivity contribution in [3.05, 3.63) is 154 Å². The Labute approximate surface area is 464 Å². The average Bonchev–Trinajstić information content (AvgIpc) is 4.31. The lowest BCUT2D eigenvalue weighted by Crippen LogP contribution is -2.59. The molecule has 79 heavy (non-hydrogen) atoms. The van der Waals surface area contributed by atoms with Crippen molar-refractivity contribution in [2.75, 3.05) is 66.3 Å². The third-order valence-electron chi connectivity index (χ3n) is 15.2. The summed E-state index contributed by atoms with van der Waals surface area (Å²) in [6.07, 6.45) is 5.72. The summed E-state index contributed by atoms with van der Waals surface area (Å²) in [5.74, 6) is -2.15. The maximum Gasteiger partial charge on any atom is 0.251 e. The summed E-state index contributed by atoms with van der Waals surface area (Å²) >= 11 is 0. The topological polar surface area (TPSA) is 229 Å². The lowest BCUT2D eigenvalue weighted by atomic mass is 9.83. The van der Waals surface area contributed by atoms with E-state index in [9.17, 15) is 34.5 Å². The van der Waals surface area contributed by atoms with Crippen molar-refractivity contribution in [1.29, 1.82) is 10.5 Å². The van der Waals surface area contributed by atoms with Gasteiger partial charge in [0.25, 0.3) is 5.91 Å². The number of nitrogens with one attached hydrogen (secondary N) is 5. The Morgan fingerprint density at radius 2 is 1.25 bits per heavy atom. The molecule has 5 amide bonds. The van der Waals surface area contributed by atoms with Crippen LogP contribution < -0.4 is 26.6 Å². The molecule has 1 aliphatic carbocycles. The molecule has 4 atom stereocenters. The smallest absolute Gasteiger partial charge is 0.251 e. The van der Waals surface area contributed by atoms with Gasteiger partial charge in [-0.3, -0.25) is 24.0 Å². The molecule has 4 aromatic carbocycles. The van der Waals surface area contributed by atoms with Gasteiger partial charge in [-0.15, -0.1) is 0 Å². The molecule has 4 unspecified atom stereocenters. The van der Waals surface area contributed by atoms with E-state index in [1.807, 2.05) is 98.8 Å². The summed E-state index contributed by atoms with van der Waals surface area (Å²) in [6, 6.07) is 35.1. The Morgan fingerprint density at radius 1 is 0.658 bits per heavy atom. The minimum Gasteiger partial charge on any atom is -0.377 e. The van der Waals surface area contributed by atoms with Crippen molar-refractivity contribution in [2.45, 2.75) is 102 Å². The number of nitriles is 2. The average molecular weight is 1070 g/mol. The number of carbonyl (C=O) groups is 5. The Morgan fingerprint density at radius 3 is 1.84 bits per heavy atom. The van der Waals surface area contributed by atoms with Gasteiger partial charge in [0.1, 0.15) is 24.2 Å². The third kappa shape index (κ3) is 15.8. The van der Waals surface area contributed by atoms with E-state index < -0.39 is 41.9 Å². The van der Waals surface area contributed by atoms with Gasteiger partial charge in [-0.05, 0) is 106 Å². The number of hydrogen-bond acceptors (Lipinski definition) is 11. The Bertz CT molecular complexity index is 2850. The highest BCUT2D eigenvalue weighted by Gasteiger charge is 2.43. The predicted octanol–water partition coefficient (Wildman–Crippen LogP) is 6.44. The van der Waals surface area contributed by atoms with Gasteiger partial charge < -0.3 is 50.3 Å². The molecule has 1 saturated heterocycles. The quantitative estimate of drug-likeness (QED) is 0.0360. The number of amides is 5. The second-order valence-electron chi connectivity index (χ2n) is 20.3. The van der Waals surface area contributed by atoms with Gasteiger partial charge >= 0.3 is 0 Å². The van der Waals surface area contributed by atoms with Crippen LogP contribution in [0.2, 0.25) is 0 Å². The molecule has 2 fully saturated rings. The van der Waals surface area contributed by atoms with Crippen LogP contribution in [0.5, 0.6) is 0 Å². The van der Waals surface area contributed by atoms with Crippen molar-refractivity contribution < 1.29 is 38.2 Å². The van der Waals surface area contributed by atoms with E-state index in [-0.39, 0.29) is 43.4 Å². The summed E-state index contributed by atoms with van der Waals surface area (Å²) in [7, 11) is 1.70. The Balaban J connectivity index is 0.839. The van der Waals surface area contributed by atoms with Gasteiger partial charge in [0.05, 0.1) is 62.9 Å². The van der Waals surface area contributed by atoms with Gasteiger partial charge in [-0.1, -0.05) is 104 Å². The number of aromatic nitrogens is 1. The second-order valence-corrected chi connectivity index (χ2v) is 20.3. The van der Waals surface area contributed by atoms with E-state index in [0.29, 0.717) is 75.6 Å². The van der Waals surface area contributed by atoms with E-state index in [2.05, 4.69) is 43.3 Å². The summed E-state index contributed by atoms with van der Waals surface area (Å²) in [4.78, 5) is 71.1. The van der Waals surface area contributed by atoms with E-state index in [1.54, 1.807) is 43.1 Å². The van der Waals surface area contributed by atoms with Crippen molar-refractivity contribution in [3.63, 3.8) is 0 Å². The van der Waals surface area contributed by atoms with Crippen LogP contribution in [0.4, 0.5) is 0 Å². The number of likely N-dealkylation sites (tertiary alicyclic amines) is 1. The molecule has 416 valence electrons. The van der Waals surface area contributed by atoms with Crippen LogP contribution in [0.15, 0.2) is 109 Å². The highest BCUT2D eigenvalue weighted by atomic mass is 16.5. The molecular weight excluding hydrogens is 999 g/mol. The fourth-order valence-corrected chi connectivity index (χ4v) is 10.7. The Kier molecular flexibility index (Phi) is 22.3. The maximum atomic E-state index is 14.5. The molecule has 0 spiro atoms. The van der Waals surface area contributed by atoms with E-state index in [1.165, 1.54) is 0 Å². The lowest BCUT2D eigenvalue weighted by molar-refractivity contribution is -0.143. The van der Waals surface area contributed by atoms with Crippen LogP contribution >= 0.6 is 0 Å². The SMILES string of the molecule is CNC(C)C(=O)NC(C(=O)N1CCCC1C(=O)NC(C(=O)NCCOCCOCCOCCNC(=O)c1ccc(Cn2c(C)c(C#N)c(-c3ccc(C#N)cc3)c2C)cc1)C(c1ccccc1)c1ccccc1)C1CCCCC1. The van der Waals surface area contributed by atoms with Crippen LogP contribution in [-0.2, 0) is 39.9 Å². The van der Waals surface area contributed by atoms with Crippen molar-refractivity contribution in [3.8, 4) is 23.3 Å². The van der Waals surface area contributed by atoms with Crippen molar-refractivity contribution in [1.82, 2.24) is 36.1 Å². The number of nitrogens with zero attached hydrogens (tertiary/aromatic N) is 4. The first-order chi connectivity index (χ1) is 38.4. The number of benzene rings is 4. The molecule has 17 heteroatoms. The minimum atomic E-state index is -1.04. The molecular formula is C62H75N9O8. The van der Waals surface area contributed by atoms with Crippen LogP contribution in [0.3, 0.4) is 0 Å². The molecule has 2 aliphatic rings. The zero-order valence-corrected chi connectivity index (χ0v) is 45.9. The summed E-state index contributed by atoms with van der Waals surface area (Å²) < 4.78 is 19.3. The number of hydrogen-bond donors (Lipinski definition) is 5. The van der Waals surface area contributed by atoms with Gasteiger partial charge in [0.15, 0.2) is 0 Å². The number of rotatable bonds is 27. The standard InChI is InChI=1S/C62H75N9O8/c1-42(65-4)58(72)68-56(50-19-12-7-13-20-50)62(76)70-32-14-21-53(70)60(74)69-57(55(47-15-8-5-9-16-47)48-17-10-6-11-18-48)61(75)67-31-34-78-36-38-79-37-35-77-33-30-66-59(73)51-28-24-46(25-29-51)41-71-43(2)52(40-64)54(44(71)3)49-26-22-45(39-63)23-27-49/h5-6,8-11,15-18,22-29,42,50,53,55-57,65H,7,12-14,19-21,30-38,41H2,1-4H3,(H,66,73)(H,67,75)(H,68,72)(H,69,74). The minimum absolute atomic E-state index is 0.0320. The fraction of sp³-hybridized carbons (Fsp3) is 0.435. The number of likely N-dealkylation sites (N-methyl/N-ethyl adjacent to an activating group) is 1. The number of carbonyl (C=O) groups excluding carboxylic acids is 5. The Hall–Kier alpha value is -7.67. The van der Waals surface area contributed by atoms with Crippen LogP contribution in [0.25, 0.3) is 11.1 Å². The van der Waals surface area contributed by atoms with Gasteiger partial charge in [-0.2, -0.15) is 10.5 Å². The van der Waals surface area contributed by atoms with E-state index >= 15 is 0 Å². The van der Waals surface area contributed by atoms with Gasteiger partial charge in [0.2, 0.25) is 23.6 Å². The van der Waals surface area contributed by atoms with E-state index in [0.717, 1.165) is 71.3 Å². The molecule has 17 nitrogen and oxygen atoms in total. The molecule has 2 heterocycles. The summed E-state index contributed by atoms with van der Waals surface area (Å²) in [5, 5.41) is 34.2. The van der Waals surface area contributed by atoms with Crippen molar-refractivity contribution in [2.24, 2.45) is 5.92 Å². The monoisotopic (exact) mass is 1070 g/mol. The van der Waals surface area contributed by atoms with Crippen LogP contribution in [-0.4, -0.2) is 129 Å². The van der Waals surface area contributed by atoms with E-state index in [4.69, 9.17) is 14.2 Å². The maximum absolute atomic E-state index is 14.5. The zero-order chi connectivity index (χ0) is 56.1. The van der Waals surface area contributed by atoms with Gasteiger partial charge in [-0.25, -0.2) is 0 Å². The predicted molar refractivity (Wildman–Crippen MR) is 301 cm³/mol. The van der Waals surface area contributed by atoms with Crippen LogP contribution in [0, 0.1) is 42.4 Å². The fourth-order valence-electron chi connectivity index (χ4n) is 10.7. The molecule has 1 saturated carbocycles. The zero-order valence-electron chi connectivity index (χ0n) is 45.9. The first-order valence-electron chi connectivity index (χ1n) is 27.6. The largest absolute Gasteiger partial charge is 0.377 e. The molecule has 1 aromatic heterocycles. The van der Waals surface area contributed by atoms with Gasteiger partial charge in [0, 0.05) is 54.6 Å². The van der Waals surface area contributed by atoms with Crippen molar-refractivity contribution >= 4 is 29.5 Å². The molecule has 0 radical (unpaired) electrons. The molecule has 1 aliphatic heterocycles. The first kappa shape index (κ1) is 59.0. The summed E-state index contributed by atoms with van der Waals surface area (Å²) in [6.45, 7) is 8.72. The molecule has 5 aromatic rings. The normalized spacial score (nSPS) is 15.6. The molecule has 0 bridgehead atoms. The lowest BCUT2D eigenvalue weighted by Gasteiger charge is -2.36. The molecule has 5 N–H and O–H groups in total. The highest BCUT2D eigenvalue weighted by Crippen LogP contribution is 2.34. The molecule has 7 rings (SSSR count). The highest BCUT2D eigenvalue weighted by molar-refractivity contribution is 5.96. The first-order valence-corrected chi connectivity index (χ1v) is 27.6. The second kappa shape index (κ2) is 29.9.